The summed E-state index contributed by atoms with van der Waals surface area (Å²) in [5.41, 5.74) is 2.55. The average Bonchev–Trinajstić information content (AvgIpc) is 2.95. The lowest BCUT2D eigenvalue weighted by Crippen LogP contribution is -2.38. The fourth-order valence-electron chi connectivity index (χ4n) is 3.73. The average molecular weight is 443 g/mol. The Morgan fingerprint density at radius 1 is 1.21 bits per heavy atom. The third-order valence-electron chi connectivity index (χ3n) is 5.38. The second-order valence-corrected chi connectivity index (χ2v) is 8.23. The van der Waals surface area contributed by atoms with Crippen LogP contribution in [0.15, 0.2) is 33.2 Å². The van der Waals surface area contributed by atoms with E-state index in [-0.39, 0.29) is 11.8 Å². The zero-order valence-corrected chi connectivity index (χ0v) is 17.8. The highest BCUT2D eigenvalue weighted by Crippen LogP contribution is 2.33. The highest BCUT2D eigenvalue weighted by molar-refractivity contribution is 9.10. The molecule has 6 nitrogen and oxygen atoms in total. The Morgan fingerprint density at radius 3 is 2.68 bits per heavy atom. The van der Waals surface area contributed by atoms with Gasteiger partial charge in [0.2, 0.25) is 11.6 Å². The molecule has 2 aromatic heterocycles. The number of hydrogen-bond donors (Lipinski definition) is 1. The van der Waals surface area contributed by atoms with Crippen molar-refractivity contribution in [2.24, 2.45) is 5.92 Å². The number of carbonyl (C=O) groups is 1. The number of rotatable bonds is 3. The van der Waals surface area contributed by atoms with E-state index >= 15 is 0 Å². The van der Waals surface area contributed by atoms with Gasteiger partial charge in [-0.15, -0.1) is 0 Å². The number of hydrogen-bond acceptors (Lipinski definition) is 5. The van der Waals surface area contributed by atoms with Gasteiger partial charge in [-0.1, -0.05) is 22.0 Å². The van der Waals surface area contributed by atoms with Crippen LogP contribution in [0.25, 0.3) is 11.1 Å². The van der Waals surface area contributed by atoms with Crippen LogP contribution in [0.1, 0.15) is 30.0 Å². The van der Waals surface area contributed by atoms with Gasteiger partial charge in [-0.2, -0.15) is 4.98 Å². The van der Waals surface area contributed by atoms with Crippen molar-refractivity contribution in [3.63, 3.8) is 0 Å². The summed E-state index contributed by atoms with van der Waals surface area (Å²) >= 11 is 3.44. The van der Waals surface area contributed by atoms with Gasteiger partial charge >= 0.3 is 0 Å². The van der Waals surface area contributed by atoms with E-state index in [1.54, 1.807) is 0 Å². The molecule has 4 rings (SSSR count). The Balaban J connectivity index is 1.49. The van der Waals surface area contributed by atoms with Crippen LogP contribution >= 0.6 is 15.9 Å². The largest absolute Gasteiger partial charge is 0.443 e. The van der Waals surface area contributed by atoms with Crippen molar-refractivity contribution in [3.8, 4) is 0 Å². The van der Waals surface area contributed by atoms with E-state index in [1.165, 1.54) is 0 Å². The molecule has 0 radical (unpaired) electrons. The quantitative estimate of drug-likeness (QED) is 0.632. The molecule has 1 aromatic carbocycles. The van der Waals surface area contributed by atoms with Gasteiger partial charge in [0, 0.05) is 34.7 Å². The number of furan rings is 1. The Morgan fingerprint density at radius 2 is 1.96 bits per heavy atom. The summed E-state index contributed by atoms with van der Waals surface area (Å²) in [6, 6.07) is 7.68. The number of amides is 1. The molecule has 3 heterocycles. The van der Waals surface area contributed by atoms with E-state index in [0.717, 1.165) is 58.6 Å². The fourth-order valence-corrected chi connectivity index (χ4v) is 4.12. The van der Waals surface area contributed by atoms with Gasteiger partial charge in [0.05, 0.1) is 5.39 Å². The molecule has 146 valence electrons. The molecule has 1 fully saturated rings. The molecule has 1 amide bonds. The maximum atomic E-state index is 12.7. The van der Waals surface area contributed by atoms with E-state index in [2.05, 4.69) is 31.1 Å². The molecule has 0 unspecified atom stereocenters. The second-order valence-electron chi connectivity index (χ2n) is 7.32. The van der Waals surface area contributed by atoms with Crippen molar-refractivity contribution in [2.75, 3.05) is 23.3 Å². The molecule has 1 N–H and O–H groups in total. The molecule has 1 aliphatic heterocycles. The van der Waals surface area contributed by atoms with E-state index < -0.39 is 0 Å². The number of anilines is 2. The molecular formula is C21H23BrN4O2. The van der Waals surface area contributed by atoms with Crippen LogP contribution in [0.5, 0.6) is 0 Å². The fraction of sp³-hybridized carbons (Fsp3) is 0.381. The number of nitrogens with one attached hydrogen (secondary N) is 1. The first kappa shape index (κ1) is 18.9. The maximum Gasteiger partial charge on any atom is 0.231 e. The molecule has 7 heteroatoms. The first-order chi connectivity index (χ1) is 13.4. The first-order valence-electron chi connectivity index (χ1n) is 9.48. The Kier molecular flexibility index (Phi) is 5.10. The lowest BCUT2D eigenvalue weighted by atomic mass is 9.95. The highest BCUT2D eigenvalue weighted by atomic mass is 79.9. The van der Waals surface area contributed by atoms with Gasteiger partial charge in [-0.3, -0.25) is 4.79 Å². The minimum Gasteiger partial charge on any atom is -0.443 e. The molecule has 0 saturated carbocycles. The summed E-state index contributed by atoms with van der Waals surface area (Å²) in [7, 11) is 0. The maximum absolute atomic E-state index is 12.7. The smallest absolute Gasteiger partial charge is 0.231 e. The first-order valence-corrected chi connectivity index (χ1v) is 10.3. The summed E-state index contributed by atoms with van der Waals surface area (Å²) in [6.07, 6.45) is 1.58. The van der Waals surface area contributed by atoms with E-state index in [4.69, 9.17) is 9.40 Å². The lowest BCUT2D eigenvalue weighted by molar-refractivity contribution is -0.120. The van der Waals surface area contributed by atoms with Crippen molar-refractivity contribution in [1.82, 2.24) is 9.97 Å². The van der Waals surface area contributed by atoms with Gasteiger partial charge in [0.15, 0.2) is 0 Å². The number of nitrogens with zero attached hydrogens (tertiary/aromatic N) is 3. The van der Waals surface area contributed by atoms with Crippen LogP contribution in [0.2, 0.25) is 0 Å². The van der Waals surface area contributed by atoms with Crippen LogP contribution < -0.4 is 10.2 Å². The van der Waals surface area contributed by atoms with Gasteiger partial charge in [0.25, 0.3) is 0 Å². The third-order valence-corrected chi connectivity index (χ3v) is 5.87. The molecule has 0 spiro atoms. The number of aryl methyl sites for hydroxylation is 3. The number of piperidine rings is 1. The molecule has 1 aliphatic rings. The second kappa shape index (κ2) is 7.54. The normalized spacial score (nSPS) is 15.2. The SMILES string of the molecule is Cc1nc(N2CCC(C(=O)Nc3cccc(Br)c3)CC2)c2c(C)c(C)oc2n1. The number of aromatic nitrogens is 2. The number of carbonyl (C=O) groups excluding carboxylic acids is 1. The molecule has 1 saturated heterocycles. The van der Waals surface area contributed by atoms with Gasteiger partial charge in [0.1, 0.15) is 17.4 Å². The molecule has 3 aromatic rings. The predicted molar refractivity (Wildman–Crippen MR) is 114 cm³/mol. The number of fused-ring (bicyclic) bond motifs is 1. The Labute approximate surface area is 172 Å². The number of benzene rings is 1. The van der Waals surface area contributed by atoms with Crippen molar-refractivity contribution in [3.05, 3.63) is 45.9 Å². The minimum absolute atomic E-state index is 0.000777. The van der Waals surface area contributed by atoms with Gasteiger partial charge in [-0.05, 0) is 51.8 Å². The van der Waals surface area contributed by atoms with Crippen LogP contribution in [-0.2, 0) is 4.79 Å². The van der Waals surface area contributed by atoms with Gasteiger partial charge < -0.3 is 14.6 Å². The van der Waals surface area contributed by atoms with E-state index in [1.807, 2.05) is 45.0 Å². The van der Waals surface area contributed by atoms with Crippen molar-refractivity contribution in [2.45, 2.75) is 33.6 Å². The van der Waals surface area contributed by atoms with E-state index in [9.17, 15) is 4.79 Å². The van der Waals surface area contributed by atoms with E-state index in [0.29, 0.717) is 11.5 Å². The molecule has 0 aliphatic carbocycles. The van der Waals surface area contributed by atoms with Crippen molar-refractivity contribution < 1.29 is 9.21 Å². The summed E-state index contributed by atoms with van der Waals surface area (Å²) in [6.45, 7) is 7.45. The highest BCUT2D eigenvalue weighted by Gasteiger charge is 2.28. The zero-order chi connectivity index (χ0) is 19.8. The van der Waals surface area contributed by atoms with Crippen LogP contribution in [0, 0.1) is 26.7 Å². The zero-order valence-electron chi connectivity index (χ0n) is 16.3. The standard InChI is InChI=1S/C21H23BrN4O2/c1-12-13(2)28-21-18(12)19(23-14(3)24-21)26-9-7-15(8-10-26)20(27)25-17-6-4-5-16(22)11-17/h4-6,11,15H,7-10H2,1-3H3,(H,25,27). The summed E-state index contributed by atoms with van der Waals surface area (Å²) in [5, 5.41) is 4.02. The molecule has 28 heavy (non-hydrogen) atoms. The molecule has 0 atom stereocenters. The number of halogens is 1. The van der Waals surface area contributed by atoms with Crippen LogP contribution in [0.3, 0.4) is 0 Å². The predicted octanol–water partition coefficient (Wildman–Crippen LogP) is 4.77. The van der Waals surface area contributed by atoms with Crippen molar-refractivity contribution in [1.29, 1.82) is 0 Å². The minimum atomic E-state index is 0.000777. The summed E-state index contributed by atoms with van der Waals surface area (Å²) < 4.78 is 6.75. The van der Waals surface area contributed by atoms with Crippen molar-refractivity contribution >= 4 is 44.4 Å². The van der Waals surface area contributed by atoms with Crippen LogP contribution in [-0.4, -0.2) is 29.0 Å². The molecular weight excluding hydrogens is 420 g/mol. The topological polar surface area (TPSA) is 71.3 Å². The van der Waals surface area contributed by atoms with Crippen LogP contribution in [0.4, 0.5) is 11.5 Å². The Hall–Kier alpha value is -2.41. The Bertz CT molecular complexity index is 1040. The molecule has 0 bridgehead atoms. The monoisotopic (exact) mass is 442 g/mol. The summed E-state index contributed by atoms with van der Waals surface area (Å²) in [5.74, 6) is 2.57. The lowest BCUT2D eigenvalue weighted by Gasteiger charge is -2.32. The summed E-state index contributed by atoms with van der Waals surface area (Å²) in [4.78, 5) is 24.0. The third kappa shape index (κ3) is 3.63. The van der Waals surface area contributed by atoms with Gasteiger partial charge in [-0.25, -0.2) is 4.98 Å².